The van der Waals surface area contributed by atoms with Gasteiger partial charge in [-0.2, -0.15) is 0 Å². The molecule has 1 aromatic heterocycles. The van der Waals surface area contributed by atoms with Gasteiger partial charge < -0.3 is 4.74 Å². The van der Waals surface area contributed by atoms with Crippen molar-refractivity contribution < 1.29 is 4.74 Å². The quantitative estimate of drug-likeness (QED) is 0.175. The molecule has 0 saturated carbocycles. The Kier molecular flexibility index (Phi) is 7.76. The highest BCUT2D eigenvalue weighted by atomic mass is 16.5. The van der Waals surface area contributed by atoms with Crippen molar-refractivity contribution in [3.05, 3.63) is 241 Å². The lowest BCUT2D eigenvalue weighted by atomic mass is 9.66. The van der Waals surface area contributed by atoms with Gasteiger partial charge in [0.2, 0.25) is 0 Å². The van der Waals surface area contributed by atoms with E-state index in [1.54, 1.807) is 0 Å². The Balaban J connectivity index is 0.961. The van der Waals surface area contributed by atoms with E-state index >= 15 is 0 Å². The van der Waals surface area contributed by atoms with Gasteiger partial charge in [-0.1, -0.05) is 200 Å². The maximum atomic E-state index is 6.80. The zero-order valence-corrected chi connectivity index (χ0v) is 32.6. The number of rotatable bonds is 5. The Morgan fingerprint density at radius 2 is 0.817 bits per heavy atom. The molecule has 0 saturated heterocycles. The summed E-state index contributed by atoms with van der Waals surface area (Å²) in [7, 11) is 0. The molecule has 2 heterocycles. The summed E-state index contributed by atoms with van der Waals surface area (Å²) >= 11 is 0. The monoisotopic (exact) mass is 764 g/mol. The van der Waals surface area contributed by atoms with Crippen LogP contribution in [0.2, 0.25) is 0 Å². The summed E-state index contributed by atoms with van der Waals surface area (Å²) in [6.45, 7) is 0. The molecule has 1 aliphatic heterocycles. The molecule has 1 aliphatic carbocycles. The molecular formula is C57H36N2O. The second kappa shape index (κ2) is 13.6. The Bertz CT molecular complexity index is 3240. The zero-order chi connectivity index (χ0) is 39.6. The van der Waals surface area contributed by atoms with E-state index in [0.717, 1.165) is 61.7 Å². The van der Waals surface area contributed by atoms with Crippen LogP contribution in [0.5, 0.6) is 11.5 Å². The van der Waals surface area contributed by atoms with Crippen molar-refractivity contribution in [2.24, 2.45) is 0 Å². The van der Waals surface area contributed by atoms with E-state index in [0.29, 0.717) is 5.82 Å². The molecule has 0 bridgehead atoms. The van der Waals surface area contributed by atoms with Gasteiger partial charge in [0, 0.05) is 27.8 Å². The fourth-order valence-electron chi connectivity index (χ4n) is 9.72. The fraction of sp³-hybridized carbons (Fsp3) is 0.0175. The highest BCUT2D eigenvalue weighted by Gasteiger charge is 2.50. The summed E-state index contributed by atoms with van der Waals surface area (Å²) in [5.41, 5.74) is 16.4. The summed E-state index contributed by atoms with van der Waals surface area (Å²) in [5.74, 6) is 2.44. The van der Waals surface area contributed by atoms with Crippen LogP contribution in [-0.2, 0) is 5.41 Å². The lowest BCUT2D eigenvalue weighted by molar-refractivity contribution is 0.436. The molecule has 12 rings (SSSR count). The van der Waals surface area contributed by atoms with Crippen LogP contribution < -0.4 is 4.74 Å². The fourth-order valence-corrected chi connectivity index (χ4v) is 9.72. The molecule has 280 valence electrons. The van der Waals surface area contributed by atoms with Crippen LogP contribution in [0.1, 0.15) is 22.3 Å². The van der Waals surface area contributed by atoms with Gasteiger partial charge in [-0.15, -0.1) is 0 Å². The molecule has 0 radical (unpaired) electrons. The molecule has 3 nitrogen and oxygen atoms in total. The van der Waals surface area contributed by atoms with Gasteiger partial charge in [0.1, 0.15) is 11.5 Å². The molecule has 10 aromatic rings. The van der Waals surface area contributed by atoms with Crippen LogP contribution in [-0.4, -0.2) is 9.97 Å². The predicted molar refractivity (Wildman–Crippen MR) is 244 cm³/mol. The predicted octanol–water partition coefficient (Wildman–Crippen LogP) is 14.4. The van der Waals surface area contributed by atoms with Crippen molar-refractivity contribution in [3.63, 3.8) is 0 Å². The number of ether oxygens (including phenoxy) is 1. The molecule has 2 aliphatic rings. The summed E-state index contributed by atoms with van der Waals surface area (Å²) in [6, 6.07) is 77.7. The lowest BCUT2D eigenvalue weighted by Crippen LogP contribution is -2.32. The Labute approximate surface area is 348 Å². The third-order valence-electron chi connectivity index (χ3n) is 12.4. The van der Waals surface area contributed by atoms with Gasteiger partial charge in [0.15, 0.2) is 5.82 Å². The van der Waals surface area contributed by atoms with Crippen molar-refractivity contribution in [3.8, 4) is 78.8 Å². The first kappa shape index (κ1) is 34.2. The first-order chi connectivity index (χ1) is 29.7. The Morgan fingerprint density at radius 1 is 0.300 bits per heavy atom. The van der Waals surface area contributed by atoms with Gasteiger partial charge in [-0.25, -0.2) is 9.97 Å². The van der Waals surface area contributed by atoms with Crippen molar-refractivity contribution in [1.82, 2.24) is 9.97 Å². The van der Waals surface area contributed by atoms with Crippen molar-refractivity contribution in [2.45, 2.75) is 5.41 Å². The maximum Gasteiger partial charge on any atom is 0.160 e. The molecule has 9 aromatic carbocycles. The summed E-state index contributed by atoms with van der Waals surface area (Å²) in [6.07, 6.45) is 0. The van der Waals surface area contributed by atoms with Crippen LogP contribution in [0.15, 0.2) is 218 Å². The number of benzene rings is 9. The minimum atomic E-state index is -0.480. The van der Waals surface area contributed by atoms with Crippen LogP contribution in [0.4, 0.5) is 0 Å². The summed E-state index contributed by atoms with van der Waals surface area (Å²) < 4.78 is 6.80. The Morgan fingerprint density at radius 3 is 1.53 bits per heavy atom. The summed E-state index contributed by atoms with van der Waals surface area (Å²) in [5, 5.41) is 2.35. The van der Waals surface area contributed by atoms with E-state index in [1.165, 1.54) is 44.3 Å². The molecular weight excluding hydrogens is 729 g/mol. The minimum absolute atomic E-state index is 0.480. The number of aromatic nitrogens is 2. The largest absolute Gasteiger partial charge is 0.457 e. The number of hydrogen-bond acceptors (Lipinski definition) is 3. The van der Waals surface area contributed by atoms with Crippen LogP contribution >= 0.6 is 0 Å². The minimum Gasteiger partial charge on any atom is -0.457 e. The highest BCUT2D eigenvalue weighted by molar-refractivity contribution is 6.04. The third kappa shape index (κ3) is 5.23. The molecule has 1 spiro atoms. The van der Waals surface area contributed by atoms with Crippen molar-refractivity contribution in [1.29, 1.82) is 0 Å². The van der Waals surface area contributed by atoms with E-state index < -0.39 is 5.41 Å². The van der Waals surface area contributed by atoms with Gasteiger partial charge in [-0.05, 0) is 73.5 Å². The molecule has 60 heavy (non-hydrogen) atoms. The van der Waals surface area contributed by atoms with Gasteiger partial charge in [-0.3, -0.25) is 0 Å². The normalized spacial score (nSPS) is 12.9. The first-order valence-electron chi connectivity index (χ1n) is 20.5. The molecule has 0 amide bonds. The van der Waals surface area contributed by atoms with Gasteiger partial charge in [0.05, 0.1) is 16.8 Å². The van der Waals surface area contributed by atoms with Gasteiger partial charge >= 0.3 is 0 Å². The van der Waals surface area contributed by atoms with E-state index in [4.69, 9.17) is 14.7 Å². The molecule has 3 heteroatoms. The molecule has 0 atom stereocenters. The molecule has 0 N–H and O–H groups in total. The highest BCUT2D eigenvalue weighted by Crippen LogP contribution is 2.62. The van der Waals surface area contributed by atoms with E-state index in [-0.39, 0.29) is 0 Å². The third-order valence-corrected chi connectivity index (χ3v) is 12.4. The summed E-state index contributed by atoms with van der Waals surface area (Å²) in [4.78, 5) is 10.5. The number of nitrogens with zero attached hydrogens (tertiary/aromatic N) is 2. The van der Waals surface area contributed by atoms with E-state index in [1.807, 2.05) is 6.07 Å². The smallest absolute Gasteiger partial charge is 0.160 e. The van der Waals surface area contributed by atoms with Crippen LogP contribution in [0, 0.1) is 0 Å². The Hall–Kier alpha value is -7.88. The van der Waals surface area contributed by atoms with Crippen molar-refractivity contribution in [2.75, 3.05) is 0 Å². The van der Waals surface area contributed by atoms with Crippen LogP contribution in [0.25, 0.3) is 78.1 Å². The average molecular weight is 765 g/mol. The topological polar surface area (TPSA) is 35.0 Å². The zero-order valence-electron chi connectivity index (χ0n) is 32.6. The second-order valence-electron chi connectivity index (χ2n) is 15.6. The van der Waals surface area contributed by atoms with Gasteiger partial charge in [0.25, 0.3) is 0 Å². The number of para-hydroxylation sites is 1. The maximum absolute atomic E-state index is 6.80. The number of hydrogen-bond donors (Lipinski definition) is 0. The first-order valence-corrected chi connectivity index (χ1v) is 20.5. The SMILES string of the molecule is c1ccc(-c2cc(-c3ccc(-c4ccccc4)c4ccccc34)nc(-c3ccc(-c4ccc5c(c4)Oc4ccccc4C54c5ccccc5-c5ccccc54)cc3)n2)cc1. The van der Waals surface area contributed by atoms with E-state index in [2.05, 4.69) is 212 Å². The standard InChI is InChI=1S/C57H36N2O/c1-3-15-38(16-4-1)42-32-33-47(44-20-8-7-19-43(42)44)53-36-52(39-17-5-2-6-18-39)58-56(59-53)40-29-27-37(28-30-40)41-31-34-51-55(35-41)60-54-26-14-13-25-50(54)57(51)48-23-11-9-21-45(48)46-22-10-12-24-49(46)57/h1-36H. The average Bonchev–Trinajstić information content (AvgIpc) is 3.62. The lowest BCUT2D eigenvalue weighted by Gasteiger charge is -2.39. The second-order valence-corrected chi connectivity index (χ2v) is 15.6. The van der Waals surface area contributed by atoms with Crippen molar-refractivity contribution >= 4 is 10.8 Å². The number of fused-ring (bicyclic) bond motifs is 10. The molecule has 0 fully saturated rings. The molecule has 0 unspecified atom stereocenters. The van der Waals surface area contributed by atoms with Crippen LogP contribution in [0.3, 0.4) is 0 Å². The van der Waals surface area contributed by atoms with E-state index in [9.17, 15) is 0 Å².